The van der Waals surface area contributed by atoms with Crippen molar-refractivity contribution in [3.05, 3.63) is 30.3 Å². The smallest absolute Gasteiger partial charge is 0.243 e. The molecule has 1 fully saturated rings. The molecule has 4 nitrogen and oxygen atoms in total. The molecule has 88 valence electrons. The number of nitrogens with zero attached hydrogens (tertiary/aromatic N) is 1. The molecular weight excluding hydrogens is 226 g/mol. The van der Waals surface area contributed by atoms with Gasteiger partial charge in [-0.25, -0.2) is 8.42 Å². The van der Waals surface area contributed by atoms with Crippen LogP contribution in [-0.2, 0) is 10.0 Å². The normalized spacial score (nSPS) is 27.1. The standard InChI is InChI=1S/C11H15NO3S/c1-11(13)7-8-12(9-11)16(14,15)10-5-3-2-4-6-10/h2-6,13H,7-9H2,1H3. The Morgan fingerprint density at radius 3 is 2.44 bits per heavy atom. The van der Waals surface area contributed by atoms with Crippen molar-refractivity contribution in [2.45, 2.75) is 23.8 Å². The summed E-state index contributed by atoms with van der Waals surface area (Å²) < 4.78 is 25.6. The molecule has 0 aromatic heterocycles. The van der Waals surface area contributed by atoms with Gasteiger partial charge in [0.1, 0.15) is 0 Å². The van der Waals surface area contributed by atoms with Crippen LogP contribution in [0.25, 0.3) is 0 Å². The first-order chi connectivity index (χ1) is 7.42. The first-order valence-electron chi connectivity index (χ1n) is 5.19. The van der Waals surface area contributed by atoms with Gasteiger partial charge in [-0.3, -0.25) is 0 Å². The SMILES string of the molecule is CC1(O)CCN(S(=O)(=O)c2ccccc2)C1. The zero-order chi connectivity index (χ0) is 11.8. The van der Waals surface area contributed by atoms with E-state index in [1.54, 1.807) is 37.3 Å². The molecule has 1 heterocycles. The minimum absolute atomic E-state index is 0.171. The van der Waals surface area contributed by atoms with Crippen molar-refractivity contribution in [2.24, 2.45) is 0 Å². The molecule has 1 aromatic rings. The molecule has 1 aliphatic heterocycles. The maximum absolute atomic E-state index is 12.1. The van der Waals surface area contributed by atoms with E-state index < -0.39 is 15.6 Å². The first-order valence-corrected chi connectivity index (χ1v) is 6.63. The maximum Gasteiger partial charge on any atom is 0.243 e. The molecule has 0 radical (unpaired) electrons. The Hall–Kier alpha value is -0.910. The van der Waals surface area contributed by atoms with E-state index in [1.165, 1.54) is 4.31 Å². The average Bonchev–Trinajstić information content (AvgIpc) is 2.61. The number of rotatable bonds is 2. The summed E-state index contributed by atoms with van der Waals surface area (Å²) in [7, 11) is -3.44. The van der Waals surface area contributed by atoms with Crippen LogP contribution >= 0.6 is 0 Å². The molecule has 0 amide bonds. The highest BCUT2D eigenvalue weighted by Gasteiger charge is 2.38. The Morgan fingerprint density at radius 1 is 1.31 bits per heavy atom. The molecule has 1 unspecified atom stereocenters. The van der Waals surface area contributed by atoms with E-state index in [0.717, 1.165) is 0 Å². The third kappa shape index (κ3) is 2.11. The minimum Gasteiger partial charge on any atom is -0.389 e. The van der Waals surface area contributed by atoms with E-state index in [9.17, 15) is 13.5 Å². The fraction of sp³-hybridized carbons (Fsp3) is 0.455. The Bertz CT molecular complexity index is 467. The second-order valence-corrected chi connectivity index (χ2v) is 6.34. The molecular formula is C11H15NO3S. The predicted octanol–water partition coefficient (Wildman–Crippen LogP) is 0.832. The van der Waals surface area contributed by atoms with Gasteiger partial charge in [-0.2, -0.15) is 4.31 Å². The van der Waals surface area contributed by atoms with Crippen LogP contribution in [0, 0.1) is 0 Å². The van der Waals surface area contributed by atoms with Gasteiger partial charge in [0.15, 0.2) is 0 Å². The lowest BCUT2D eigenvalue weighted by Crippen LogP contribution is -2.33. The number of hydrogen-bond acceptors (Lipinski definition) is 3. The highest BCUT2D eigenvalue weighted by Crippen LogP contribution is 2.26. The van der Waals surface area contributed by atoms with Crippen molar-refractivity contribution in [1.82, 2.24) is 4.31 Å². The summed E-state index contributed by atoms with van der Waals surface area (Å²) in [6.07, 6.45) is 0.485. The van der Waals surface area contributed by atoms with Gasteiger partial charge >= 0.3 is 0 Å². The number of benzene rings is 1. The Labute approximate surface area is 95.6 Å². The number of aliphatic hydroxyl groups is 1. The lowest BCUT2D eigenvalue weighted by Gasteiger charge is -2.18. The van der Waals surface area contributed by atoms with E-state index in [0.29, 0.717) is 13.0 Å². The molecule has 1 aromatic carbocycles. The van der Waals surface area contributed by atoms with Crippen LogP contribution in [0.5, 0.6) is 0 Å². The number of β-amino-alcohol motifs (C(OH)–C–C–N with tert-alkyl or cyclic N) is 1. The average molecular weight is 241 g/mol. The molecule has 2 rings (SSSR count). The second-order valence-electron chi connectivity index (χ2n) is 4.40. The van der Waals surface area contributed by atoms with Gasteiger partial charge in [0.25, 0.3) is 0 Å². The van der Waals surface area contributed by atoms with Crippen LogP contribution in [0.1, 0.15) is 13.3 Å². The van der Waals surface area contributed by atoms with Crippen molar-refractivity contribution >= 4 is 10.0 Å². The molecule has 16 heavy (non-hydrogen) atoms. The summed E-state index contributed by atoms with van der Waals surface area (Å²) in [5.74, 6) is 0. The quantitative estimate of drug-likeness (QED) is 0.834. The maximum atomic E-state index is 12.1. The van der Waals surface area contributed by atoms with Crippen molar-refractivity contribution in [3.63, 3.8) is 0 Å². The predicted molar refractivity (Wildman–Crippen MR) is 60.4 cm³/mol. The lowest BCUT2D eigenvalue weighted by atomic mass is 10.1. The summed E-state index contributed by atoms with van der Waals surface area (Å²) in [5.41, 5.74) is -0.901. The third-order valence-electron chi connectivity index (χ3n) is 2.80. The van der Waals surface area contributed by atoms with Crippen LogP contribution in [0.15, 0.2) is 35.2 Å². The molecule has 1 aliphatic rings. The van der Waals surface area contributed by atoms with Crippen LogP contribution in [0.2, 0.25) is 0 Å². The number of hydrogen-bond donors (Lipinski definition) is 1. The largest absolute Gasteiger partial charge is 0.389 e. The van der Waals surface area contributed by atoms with E-state index in [1.807, 2.05) is 0 Å². The van der Waals surface area contributed by atoms with Crippen LogP contribution in [0.3, 0.4) is 0 Å². The first kappa shape index (κ1) is 11.6. The van der Waals surface area contributed by atoms with Crippen LogP contribution < -0.4 is 0 Å². The lowest BCUT2D eigenvalue weighted by molar-refractivity contribution is 0.0762. The topological polar surface area (TPSA) is 57.6 Å². The summed E-state index contributed by atoms with van der Waals surface area (Å²) in [4.78, 5) is 0.285. The summed E-state index contributed by atoms with van der Waals surface area (Å²) in [6, 6.07) is 8.31. The molecule has 0 saturated carbocycles. The van der Waals surface area contributed by atoms with Crippen molar-refractivity contribution in [3.8, 4) is 0 Å². The van der Waals surface area contributed by atoms with Crippen molar-refractivity contribution in [1.29, 1.82) is 0 Å². The molecule has 0 spiro atoms. The highest BCUT2D eigenvalue weighted by molar-refractivity contribution is 7.89. The minimum atomic E-state index is -3.44. The highest BCUT2D eigenvalue weighted by atomic mass is 32.2. The zero-order valence-corrected chi connectivity index (χ0v) is 9.94. The van der Waals surface area contributed by atoms with Crippen molar-refractivity contribution in [2.75, 3.05) is 13.1 Å². The second kappa shape index (κ2) is 3.84. The summed E-state index contributed by atoms with van der Waals surface area (Å²) >= 11 is 0. The van der Waals surface area contributed by atoms with Gasteiger partial charge in [0, 0.05) is 13.1 Å². The molecule has 1 N–H and O–H groups in total. The number of sulfonamides is 1. The Morgan fingerprint density at radius 2 is 1.94 bits per heavy atom. The van der Waals surface area contributed by atoms with Crippen LogP contribution in [0.4, 0.5) is 0 Å². The Kier molecular flexibility index (Phi) is 2.77. The van der Waals surface area contributed by atoms with Gasteiger partial charge in [-0.1, -0.05) is 18.2 Å². The summed E-state index contributed by atoms with van der Waals surface area (Å²) in [5, 5.41) is 9.77. The van der Waals surface area contributed by atoms with Gasteiger partial charge < -0.3 is 5.11 Å². The molecule has 0 bridgehead atoms. The van der Waals surface area contributed by atoms with Crippen molar-refractivity contribution < 1.29 is 13.5 Å². The van der Waals surface area contributed by atoms with Gasteiger partial charge in [0.05, 0.1) is 10.5 Å². The molecule has 1 saturated heterocycles. The third-order valence-corrected chi connectivity index (χ3v) is 4.66. The molecule has 1 atom stereocenters. The van der Waals surface area contributed by atoms with E-state index >= 15 is 0 Å². The van der Waals surface area contributed by atoms with Gasteiger partial charge in [-0.05, 0) is 25.5 Å². The fourth-order valence-electron chi connectivity index (χ4n) is 1.85. The summed E-state index contributed by atoms with van der Waals surface area (Å²) in [6.45, 7) is 2.21. The fourth-order valence-corrected chi connectivity index (χ4v) is 3.43. The van der Waals surface area contributed by atoms with Gasteiger partial charge in [-0.15, -0.1) is 0 Å². The Balaban J connectivity index is 2.28. The van der Waals surface area contributed by atoms with E-state index in [-0.39, 0.29) is 11.4 Å². The van der Waals surface area contributed by atoms with E-state index in [4.69, 9.17) is 0 Å². The van der Waals surface area contributed by atoms with E-state index in [2.05, 4.69) is 0 Å². The monoisotopic (exact) mass is 241 g/mol. The molecule has 5 heteroatoms. The molecule has 0 aliphatic carbocycles. The van der Waals surface area contributed by atoms with Gasteiger partial charge in [0.2, 0.25) is 10.0 Å². The zero-order valence-electron chi connectivity index (χ0n) is 9.13. The van der Waals surface area contributed by atoms with Crippen LogP contribution in [-0.4, -0.2) is 36.5 Å².